The summed E-state index contributed by atoms with van der Waals surface area (Å²) in [7, 11) is 1.43. The summed E-state index contributed by atoms with van der Waals surface area (Å²) < 4.78 is 4.71. The maximum atomic E-state index is 11.3. The first-order valence-electron chi connectivity index (χ1n) is 4.50. The molecule has 0 spiro atoms. The standard InChI is InChI=1S/C9H17NO2/c1-6-4-3-5-7(10)8(6)9(11)12-2/h6-8H,3-5,10H2,1-2H3/t6-,7-,8+/m0/s1. The van der Waals surface area contributed by atoms with Crippen LogP contribution >= 0.6 is 0 Å². The number of carbonyl (C=O) groups is 1. The maximum absolute atomic E-state index is 11.3. The molecule has 0 heterocycles. The zero-order chi connectivity index (χ0) is 9.14. The van der Waals surface area contributed by atoms with Crippen LogP contribution in [0.25, 0.3) is 0 Å². The van der Waals surface area contributed by atoms with Crippen molar-refractivity contribution in [1.82, 2.24) is 0 Å². The van der Waals surface area contributed by atoms with E-state index in [0.717, 1.165) is 19.3 Å². The van der Waals surface area contributed by atoms with Crippen molar-refractivity contribution in [3.63, 3.8) is 0 Å². The van der Waals surface area contributed by atoms with Crippen LogP contribution in [0, 0.1) is 11.8 Å². The Hall–Kier alpha value is -0.570. The van der Waals surface area contributed by atoms with Gasteiger partial charge in [-0.1, -0.05) is 13.3 Å². The van der Waals surface area contributed by atoms with Crippen molar-refractivity contribution in [1.29, 1.82) is 0 Å². The minimum Gasteiger partial charge on any atom is -0.469 e. The van der Waals surface area contributed by atoms with E-state index >= 15 is 0 Å². The third-order valence-corrected chi connectivity index (χ3v) is 2.74. The molecule has 1 aliphatic rings. The molecule has 12 heavy (non-hydrogen) atoms. The Balaban J connectivity index is 2.62. The average molecular weight is 171 g/mol. The zero-order valence-corrected chi connectivity index (χ0v) is 7.75. The molecule has 0 radical (unpaired) electrons. The Bertz CT molecular complexity index is 160. The molecule has 1 fully saturated rings. The highest BCUT2D eigenvalue weighted by atomic mass is 16.5. The molecule has 1 aliphatic carbocycles. The van der Waals surface area contributed by atoms with Gasteiger partial charge in [0.25, 0.3) is 0 Å². The first-order chi connectivity index (χ1) is 5.66. The maximum Gasteiger partial charge on any atom is 0.310 e. The number of methoxy groups -OCH3 is 1. The summed E-state index contributed by atoms with van der Waals surface area (Å²) in [5, 5.41) is 0. The van der Waals surface area contributed by atoms with Crippen molar-refractivity contribution < 1.29 is 9.53 Å². The lowest BCUT2D eigenvalue weighted by atomic mass is 9.77. The Morgan fingerprint density at radius 2 is 2.17 bits per heavy atom. The van der Waals surface area contributed by atoms with Gasteiger partial charge in [0, 0.05) is 6.04 Å². The van der Waals surface area contributed by atoms with Gasteiger partial charge >= 0.3 is 5.97 Å². The lowest BCUT2D eigenvalue weighted by Gasteiger charge is -2.31. The molecule has 1 saturated carbocycles. The molecule has 0 aromatic carbocycles. The molecule has 70 valence electrons. The van der Waals surface area contributed by atoms with E-state index in [-0.39, 0.29) is 17.9 Å². The highest BCUT2D eigenvalue weighted by Gasteiger charge is 2.34. The van der Waals surface area contributed by atoms with Gasteiger partial charge in [-0.15, -0.1) is 0 Å². The number of ether oxygens (including phenoxy) is 1. The van der Waals surface area contributed by atoms with E-state index in [1.54, 1.807) is 0 Å². The molecule has 0 unspecified atom stereocenters. The summed E-state index contributed by atoms with van der Waals surface area (Å²) in [6.45, 7) is 2.07. The number of hydrogen-bond acceptors (Lipinski definition) is 3. The van der Waals surface area contributed by atoms with Crippen molar-refractivity contribution in [2.24, 2.45) is 17.6 Å². The molecule has 0 aromatic heterocycles. The topological polar surface area (TPSA) is 52.3 Å². The summed E-state index contributed by atoms with van der Waals surface area (Å²) in [6, 6.07) is 0.00111. The fourth-order valence-electron chi connectivity index (χ4n) is 2.00. The normalized spacial score (nSPS) is 36.1. The van der Waals surface area contributed by atoms with Gasteiger partial charge in [0.2, 0.25) is 0 Å². The Morgan fingerprint density at radius 1 is 1.50 bits per heavy atom. The van der Waals surface area contributed by atoms with Crippen LogP contribution in [0.3, 0.4) is 0 Å². The minimum atomic E-state index is -0.144. The van der Waals surface area contributed by atoms with E-state index in [1.807, 2.05) is 0 Å². The van der Waals surface area contributed by atoms with E-state index in [2.05, 4.69) is 6.92 Å². The molecule has 0 amide bonds. The molecule has 0 aliphatic heterocycles. The van der Waals surface area contributed by atoms with Crippen LogP contribution in [0.4, 0.5) is 0 Å². The summed E-state index contributed by atoms with van der Waals surface area (Å²) in [5.74, 6) is 0.152. The van der Waals surface area contributed by atoms with E-state index in [4.69, 9.17) is 10.5 Å². The number of hydrogen-bond donors (Lipinski definition) is 1. The van der Waals surface area contributed by atoms with Crippen LogP contribution in [0.5, 0.6) is 0 Å². The molecular weight excluding hydrogens is 154 g/mol. The second kappa shape index (κ2) is 3.90. The number of esters is 1. The second-order valence-electron chi connectivity index (χ2n) is 3.62. The average Bonchev–Trinajstić information content (AvgIpc) is 2.03. The second-order valence-corrected chi connectivity index (χ2v) is 3.62. The number of carbonyl (C=O) groups excluding carboxylic acids is 1. The molecule has 2 N–H and O–H groups in total. The van der Waals surface area contributed by atoms with Crippen LogP contribution in [0.2, 0.25) is 0 Å². The van der Waals surface area contributed by atoms with Crippen LogP contribution in [0.1, 0.15) is 26.2 Å². The van der Waals surface area contributed by atoms with Crippen LogP contribution < -0.4 is 5.73 Å². The lowest BCUT2D eigenvalue weighted by Crippen LogP contribution is -2.43. The summed E-state index contributed by atoms with van der Waals surface area (Å²) in [5.41, 5.74) is 5.85. The number of rotatable bonds is 1. The van der Waals surface area contributed by atoms with Crippen LogP contribution in [0.15, 0.2) is 0 Å². The van der Waals surface area contributed by atoms with E-state index in [1.165, 1.54) is 7.11 Å². The third kappa shape index (κ3) is 1.78. The summed E-state index contributed by atoms with van der Waals surface area (Å²) in [6.07, 6.45) is 3.17. The van der Waals surface area contributed by atoms with E-state index < -0.39 is 0 Å². The van der Waals surface area contributed by atoms with Crippen molar-refractivity contribution in [3.8, 4) is 0 Å². The summed E-state index contributed by atoms with van der Waals surface area (Å²) >= 11 is 0. The Kier molecular flexibility index (Phi) is 3.09. The van der Waals surface area contributed by atoms with Gasteiger partial charge < -0.3 is 10.5 Å². The highest BCUT2D eigenvalue weighted by Crippen LogP contribution is 2.29. The van der Waals surface area contributed by atoms with E-state index in [0.29, 0.717) is 5.92 Å². The summed E-state index contributed by atoms with van der Waals surface area (Å²) in [4.78, 5) is 11.3. The first-order valence-corrected chi connectivity index (χ1v) is 4.50. The fraction of sp³-hybridized carbons (Fsp3) is 0.889. The van der Waals surface area contributed by atoms with E-state index in [9.17, 15) is 4.79 Å². The van der Waals surface area contributed by atoms with Gasteiger partial charge in [0.1, 0.15) is 0 Å². The predicted octanol–water partition coefficient (Wildman–Crippen LogP) is 0.923. The molecular formula is C9H17NO2. The van der Waals surface area contributed by atoms with Crippen molar-refractivity contribution in [2.75, 3.05) is 7.11 Å². The zero-order valence-electron chi connectivity index (χ0n) is 7.75. The quantitative estimate of drug-likeness (QED) is 0.597. The Labute approximate surface area is 73.3 Å². The molecule has 0 saturated heterocycles. The minimum absolute atomic E-state index is 0.00111. The van der Waals surface area contributed by atoms with Gasteiger partial charge in [-0.25, -0.2) is 0 Å². The first kappa shape index (κ1) is 9.52. The predicted molar refractivity (Wildman–Crippen MR) is 46.5 cm³/mol. The van der Waals surface area contributed by atoms with Crippen molar-refractivity contribution in [2.45, 2.75) is 32.2 Å². The lowest BCUT2D eigenvalue weighted by molar-refractivity contribution is -0.149. The largest absolute Gasteiger partial charge is 0.469 e. The van der Waals surface area contributed by atoms with Gasteiger partial charge in [0.05, 0.1) is 13.0 Å². The van der Waals surface area contributed by atoms with Gasteiger partial charge in [-0.05, 0) is 18.8 Å². The molecule has 0 bridgehead atoms. The smallest absolute Gasteiger partial charge is 0.310 e. The molecule has 3 heteroatoms. The van der Waals surface area contributed by atoms with Crippen molar-refractivity contribution in [3.05, 3.63) is 0 Å². The van der Waals surface area contributed by atoms with Crippen LogP contribution in [-0.4, -0.2) is 19.1 Å². The van der Waals surface area contributed by atoms with Gasteiger partial charge in [0.15, 0.2) is 0 Å². The fourth-order valence-corrected chi connectivity index (χ4v) is 2.00. The molecule has 0 aromatic rings. The van der Waals surface area contributed by atoms with Gasteiger partial charge in [-0.2, -0.15) is 0 Å². The molecule has 3 atom stereocenters. The molecule has 1 rings (SSSR count). The van der Waals surface area contributed by atoms with Crippen LogP contribution in [-0.2, 0) is 9.53 Å². The Morgan fingerprint density at radius 3 is 2.67 bits per heavy atom. The highest BCUT2D eigenvalue weighted by molar-refractivity contribution is 5.73. The third-order valence-electron chi connectivity index (χ3n) is 2.74. The SMILES string of the molecule is COC(=O)[C@@H]1[C@@H](C)CCC[C@@H]1N. The van der Waals surface area contributed by atoms with Gasteiger partial charge in [-0.3, -0.25) is 4.79 Å². The number of nitrogens with two attached hydrogens (primary N) is 1. The molecule has 3 nitrogen and oxygen atoms in total. The van der Waals surface area contributed by atoms with Crippen molar-refractivity contribution >= 4 is 5.97 Å². The monoisotopic (exact) mass is 171 g/mol.